The molecule has 1 aliphatic heterocycles. The van der Waals surface area contributed by atoms with Crippen LogP contribution < -0.4 is 5.32 Å². The highest BCUT2D eigenvalue weighted by atomic mass is 16.4. The summed E-state index contributed by atoms with van der Waals surface area (Å²) < 4.78 is 0. The van der Waals surface area contributed by atoms with Gasteiger partial charge in [-0.1, -0.05) is 13.3 Å². The lowest BCUT2D eigenvalue weighted by molar-refractivity contribution is -0.141. The van der Waals surface area contributed by atoms with E-state index in [9.17, 15) is 9.59 Å². The van der Waals surface area contributed by atoms with Crippen molar-refractivity contribution in [1.82, 2.24) is 15.1 Å². The van der Waals surface area contributed by atoms with Crippen molar-refractivity contribution in [3.05, 3.63) is 0 Å². The molecular weight excluding hydrogens is 258 g/mol. The smallest absolute Gasteiger partial charge is 0.317 e. The van der Waals surface area contributed by atoms with E-state index in [1.54, 1.807) is 11.9 Å². The normalized spacial score (nSPS) is 21.2. The number of rotatable bonds is 6. The first-order valence-electron chi connectivity index (χ1n) is 7.37. The van der Waals surface area contributed by atoms with Crippen LogP contribution in [0.5, 0.6) is 0 Å². The third-order valence-electron chi connectivity index (χ3n) is 3.95. The third-order valence-corrected chi connectivity index (χ3v) is 3.95. The maximum absolute atomic E-state index is 12.1. The number of likely N-dealkylation sites (tertiary alicyclic amines) is 1. The van der Waals surface area contributed by atoms with Gasteiger partial charge in [-0.3, -0.25) is 4.79 Å². The molecule has 2 N–H and O–H groups in total. The summed E-state index contributed by atoms with van der Waals surface area (Å²) in [7, 11) is 3.84. The van der Waals surface area contributed by atoms with Gasteiger partial charge in [0.2, 0.25) is 0 Å². The van der Waals surface area contributed by atoms with E-state index >= 15 is 0 Å². The minimum absolute atomic E-state index is 0.173. The summed E-state index contributed by atoms with van der Waals surface area (Å²) in [6.07, 6.45) is 3.49. The molecule has 6 heteroatoms. The zero-order valence-electron chi connectivity index (χ0n) is 12.8. The monoisotopic (exact) mass is 285 g/mol. The molecular formula is C14H27N3O3. The fourth-order valence-corrected chi connectivity index (χ4v) is 2.62. The van der Waals surface area contributed by atoms with Gasteiger partial charge in [0.25, 0.3) is 0 Å². The first kappa shape index (κ1) is 16.8. The Morgan fingerprint density at radius 2 is 2.20 bits per heavy atom. The van der Waals surface area contributed by atoms with Crippen molar-refractivity contribution < 1.29 is 14.7 Å². The molecule has 0 saturated carbocycles. The Balaban J connectivity index is 2.42. The van der Waals surface area contributed by atoms with E-state index in [-0.39, 0.29) is 18.6 Å². The largest absolute Gasteiger partial charge is 0.481 e. The number of likely N-dealkylation sites (N-methyl/N-ethyl adjacent to an activating group) is 2. The molecule has 0 radical (unpaired) electrons. The predicted octanol–water partition coefficient (Wildman–Crippen LogP) is 1.22. The molecule has 0 spiro atoms. The number of hydrogen-bond donors (Lipinski definition) is 2. The molecule has 2 unspecified atom stereocenters. The highest BCUT2D eigenvalue weighted by Gasteiger charge is 2.25. The van der Waals surface area contributed by atoms with Gasteiger partial charge in [-0.15, -0.1) is 0 Å². The van der Waals surface area contributed by atoms with Gasteiger partial charge in [-0.2, -0.15) is 0 Å². The number of amides is 2. The van der Waals surface area contributed by atoms with Gasteiger partial charge in [0, 0.05) is 26.2 Å². The Labute approximate surface area is 121 Å². The second-order valence-electron chi connectivity index (χ2n) is 5.68. The Kier molecular flexibility index (Phi) is 6.78. The van der Waals surface area contributed by atoms with Crippen molar-refractivity contribution in [1.29, 1.82) is 0 Å². The SMILES string of the molecule is CCCC(CNC(=O)N(C)C1CCCN(C)C1)C(=O)O. The summed E-state index contributed by atoms with van der Waals surface area (Å²) in [6, 6.07) is 0.0378. The van der Waals surface area contributed by atoms with E-state index in [0.717, 1.165) is 32.4 Å². The van der Waals surface area contributed by atoms with Gasteiger partial charge < -0.3 is 20.2 Å². The molecule has 0 aromatic rings. The van der Waals surface area contributed by atoms with Gasteiger partial charge in [0.15, 0.2) is 0 Å². The van der Waals surface area contributed by atoms with Crippen LogP contribution in [0.15, 0.2) is 0 Å². The van der Waals surface area contributed by atoms with E-state index in [0.29, 0.717) is 6.42 Å². The molecule has 20 heavy (non-hydrogen) atoms. The van der Waals surface area contributed by atoms with Gasteiger partial charge in [0.05, 0.1) is 5.92 Å². The maximum atomic E-state index is 12.1. The van der Waals surface area contributed by atoms with E-state index < -0.39 is 11.9 Å². The van der Waals surface area contributed by atoms with Crippen LogP contribution in [0, 0.1) is 5.92 Å². The van der Waals surface area contributed by atoms with Crippen LogP contribution in [0.3, 0.4) is 0 Å². The standard InChI is InChI=1S/C14H27N3O3/c1-4-6-11(13(18)19)9-15-14(20)17(3)12-7-5-8-16(2)10-12/h11-12H,4-10H2,1-3H3,(H,15,20)(H,18,19). The summed E-state index contributed by atoms with van der Waals surface area (Å²) in [6.45, 7) is 4.10. The number of carboxylic acid groups (broad SMARTS) is 1. The molecule has 116 valence electrons. The Morgan fingerprint density at radius 1 is 1.50 bits per heavy atom. The van der Waals surface area contributed by atoms with Crippen molar-refractivity contribution in [2.24, 2.45) is 5.92 Å². The van der Waals surface area contributed by atoms with Crippen LogP contribution in [0.2, 0.25) is 0 Å². The number of hydrogen-bond acceptors (Lipinski definition) is 3. The molecule has 6 nitrogen and oxygen atoms in total. The quantitative estimate of drug-likeness (QED) is 0.769. The summed E-state index contributed by atoms with van der Waals surface area (Å²) in [5, 5.41) is 11.8. The number of piperidine rings is 1. The number of carbonyl (C=O) groups excluding carboxylic acids is 1. The van der Waals surface area contributed by atoms with E-state index in [1.165, 1.54) is 0 Å². The highest BCUT2D eigenvalue weighted by molar-refractivity contribution is 5.76. The molecule has 0 aliphatic carbocycles. The van der Waals surface area contributed by atoms with Crippen molar-refractivity contribution in [2.45, 2.75) is 38.6 Å². The average molecular weight is 285 g/mol. The van der Waals surface area contributed by atoms with Gasteiger partial charge in [-0.05, 0) is 32.9 Å². The number of nitrogens with one attached hydrogen (secondary N) is 1. The van der Waals surface area contributed by atoms with Crippen molar-refractivity contribution in [3.8, 4) is 0 Å². The number of carbonyl (C=O) groups is 2. The Morgan fingerprint density at radius 3 is 2.75 bits per heavy atom. The number of urea groups is 1. The predicted molar refractivity (Wildman–Crippen MR) is 77.7 cm³/mol. The second kappa shape index (κ2) is 8.09. The van der Waals surface area contributed by atoms with Crippen LogP contribution in [-0.2, 0) is 4.79 Å². The third kappa shape index (κ3) is 5.00. The lowest BCUT2D eigenvalue weighted by atomic mass is 10.0. The minimum atomic E-state index is -0.841. The molecule has 1 heterocycles. The molecule has 1 saturated heterocycles. The topological polar surface area (TPSA) is 72.9 Å². The lowest BCUT2D eigenvalue weighted by Crippen LogP contribution is -2.51. The fourth-order valence-electron chi connectivity index (χ4n) is 2.62. The van der Waals surface area contributed by atoms with Gasteiger partial charge in [-0.25, -0.2) is 4.79 Å². The minimum Gasteiger partial charge on any atom is -0.481 e. The van der Waals surface area contributed by atoms with Crippen LogP contribution >= 0.6 is 0 Å². The van der Waals surface area contributed by atoms with Crippen LogP contribution in [0.25, 0.3) is 0 Å². The summed E-state index contributed by atoms with van der Waals surface area (Å²) in [5.41, 5.74) is 0. The summed E-state index contributed by atoms with van der Waals surface area (Å²) in [5.74, 6) is -1.33. The van der Waals surface area contributed by atoms with Crippen molar-refractivity contribution in [2.75, 3.05) is 33.7 Å². The fraction of sp³-hybridized carbons (Fsp3) is 0.857. The zero-order valence-corrected chi connectivity index (χ0v) is 12.8. The average Bonchev–Trinajstić information content (AvgIpc) is 2.41. The Bertz CT molecular complexity index is 336. The second-order valence-corrected chi connectivity index (χ2v) is 5.68. The van der Waals surface area contributed by atoms with Crippen LogP contribution in [-0.4, -0.2) is 66.7 Å². The Hall–Kier alpha value is -1.30. The van der Waals surface area contributed by atoms with Crippen LogP contribution in [0.4, 0.5) is 4.79 Å². The first-order chi connectivity index (χ1) is 9.45. The molecule has 0 aromatic carbocycles. The number of carboxylic acids is 1. The molecule has 0 aromatic heterocycles. The number of aliphatic carboxylic acids is 1. The first-order valence-corrected chi connectivity index (χ1v) is 7.37. The van der Waals surface area contributed by atoms with Gasteiger partial charge in [0.1, 0.15) is 0 Å². The molecule has 2 amide bonds. The van der Waals surface area contributed by atoms with Crippen molar-refractivity contribution in [3.63, 3.8) is 0 Å². The molecule has 0 bridgehead atoms. The highest BCUT2D eigenvalue weighted by Crippen LogP contribution is 2.13. The molecule has 1 aliphatic rings. The number of nitrogens with zero attached hydrogens (tertiary/aromatic N) is 2. The molecule has 1 rings (SSSR count). The summed E-state index contributed by atoms with van der Waals surface area (Å²) in [4.78, 5) is 27.1. The van der Waals surface area contributed by atoms with E-state index in [1.807, 2.05) is 6.92 Å². The molecule has 1 fully saturated rings. The van der Waals surface area contributed by atoms with Crippen LogP contribution in [0.1, 0.15) is 32.6 Å². The summed E-state index contributed by atoms with van der Waals surface area (Å²) >= 11 is 0. The van der Waals surface area contributed by atoms with Gasteiger partial charge >= 0.3 is 12.0 Å². The zero-order chi connectivity index (χ0) is 15.1. The van der Waals surface area contributed by atoms with Crippen molar-refractivity contribution >= 4 is 12.0 Å². The molecule has 2 atom stereocenters. The lowest BCUT2D eigenvalue weighted by Gasteiger charge is -2.35. The maximum Gasteiger partial charge on any atom is 0.317 e. The van der Waals surface area contributed by atoms with E-state index in [2.05, 4.69) is 17.3 Å². The van der Waals surface area contributed by atoms with E-state index in [4.69, 9.17) is 5.11 Å².